The van der Waals surface area contributed by atoms with E-state index in [0.717, 1.165) is 6.33 Å². The fourth-order valence-corrected chi connectivity index (χ4v) is 1.63. The Balaban J connectivity index is 2.88. The average molecular weight is 283 g/mol. The van der Waals surface area contributed by atoms with Crippen LogP contribution in [-0.4, -0.2) is 45.3 Å². The number of hydrogen-bond donors (Lipinski definition) is 3. The minimum Gasteiger partial charge on any atom is -0.355 e. The summed E-state index contributed by atoms with van der Waals surface area (Å²) >= 11 is 0. The first-order valence-electron chi connectivity index (χ1n) is 6.02. The second-order valence-electron chi connectivity index (χ2n) is 3.74. The largest absolute Gasteiger partial charge is 0.355 e. The number of carbonyl (C=O) groups excluding carboxylic acids is 1. The van der Waals surface area contributed by atoms with Crippen molar-refractivity contribution in [1.82, 2.24) is 14.9 Å². The van der Waals surface area contributed by atoms with Crippen LogP contribution < -0.4 is 16.6 Å². The number of hydrogen-bond acceptors (Lipinski definition) is 8. The maximum Gasteiger partial charge on any atom is 0.354 e. The minimum absolute atomic E-state index is 0.0570. The molecule has 0 saturated carbocycles. The van der Waals surface area contributed by atoms with E-state index in [1.54, 1.807) is 4.90 Å². The Labute approximate surface area is 115 Å². The van der Waals surface area contributed by atoms with Crippen LogP contribution in [0.25, 0.3) is 0 Å². The SMILES string of the molecule is CCN(CC)C(=O)CNc1ncnc(NN)c1[N+](=O)[O-]. The number of nitrogens with one attached hydrogen (secondary N) is 2. The number of aromatic nitrogens is 2. The van der Waals surface area contributed by atoms with Crippen LogP contribution in [0.3, 0.4) is 0 Å². The Hall–Kier alpha value is -2.49. The number of nitrogen functional groups attached to an aromatic ring is 1. The number of rotatable bonds is 7. The van der Waals surface area contributed by atoms with Gasteiger partial charge in [0.05, 0.1) is 11.5 Å². The Morgan fingerprint density at radius 3 is 2.50 bits per heavy atom. The maximum atomic E-state index is 11.8. The summed E-state index contributed by atoms with van der Waals surface area (Å²) in [5.41, 5.74) is 1.72. The van der Waals surface area contributed by atoms with Crippen LogP contribution in [0.15, 0.2) is 6.33 Å². The smallest absolute Gasteiger partial charge is 0.354 e. The Morgan fingerprint density at radius 1 is 1.40 bits per heavy atom. The summed E-state index contributed by atoms with van der Waals surface area (Å²) in [5.74, 6) is 4.80. The van der Waals surface area contributed by atoms with Gasteiger partial charge in [-0.2, -0.15) is 0 Å². The summed E-state index contributed by atoms with van der Waals surface area (Å²) in [7, 11) is 0. The van der Waals surface area contributed by atoms with Crippen molar-refractivity contribution >= 4 is 23.2 Å². The van der Waals surface area contributed by atoms with Gasteiger partial charge in [-0.1, -0.05) is 0 Å². The zero-order chi connectivity index (χ0) is 15.1. The number of likely N-dealkylation sites (N-methyl/N-ethyl adjacent to an activating group) is 1. The highest BCUT2D eigenvalue weighted by atomic mass is 16.6. The molecule has 1 heterocycles. The van der Waals surface area contributed by atoms with Gasteiger partial charge in [0, 0.05) is 13.1 Å². The molecular formula is C10H17N7O3. The molecule has 0 spiro atoms. The summed E-state index contributed by atoms with van der Waals surface area (Å²) in [6, 6.07) is 0. The summed E-state index contributed by atoms with van der Waals surface area (Å²) < 4.78 is 0. The zero-order valence-corrected chi connectivity index (χ0v) is 11.3. The van der Waals surface area contributed by atoms with Gasteiger partial charge in [0.15, 0.2) is 0 Å². The highest BCUT2D eigenvalue weighted by Gasteiger charge is 2.23. The lowest BCUT2D eigenvalue weighted by Gasteiger charge is -2.18. The monoisotopic (exact) mass is 283 g/mol. The first-order chi connectivity index (χ1) is 9.54. The van der Waals surface area contributed by atoms with E-state index in [9.17, 15) is 14.9 Å². The van der Waals surface area contributed by atoms with Crippen LogP contribution in [0.1, 0.15) is 13.8 Å². The van der Waals surface area contributed by atoms with Gasteiger partial charge in [0.2, 0.25) is 17.5 Å². The Bertz CT molecular complexity index is 490. The lowest BCUT2D eigenvalue weighted by atomic mass is 10.4. The van der Waals surface area contributed by atoms with Crippen molar-refractivity contribution in [3.05, 3.63) is 16.4 Å². The second-order valence-corrected chi connectivity index (χ2v) is 3.74. The standard InChI is InChI=1S/C10H17N7O3/c1-3-16(4-2)7(18)5-12-9-8(17(19)20)10(15-11)14-6-13-9/h6H,3-5,11H2,1-2H3,(H2,12,13,14,15). The molecule has 0 bridgehead atoms. The van der Waals surface area contributed by atoms with E-state index in [4.69, 9.17) is 5.84 Å². The fourth-order valence-electron chi connectivity index (χ4n) is 1.63. The van der Waals surface area contributed by atoms with E-state index in [1.165, 1.54) is 0 Å². The summed E-state index contributed by atoms with van der Waals surface area (Å²) in [4.78, 5) is 31.2. The number of nitrogens with two attached hydrogens (primary N) is 1. The zero-order valence-electron chi connectivity index (χ0n) is 11.3. The van der Waals surface area contributed by atoms with Crippen LogP contribution >= 0.6 is 0 Å². The molecule has 4 N–H and O–H groups in total. The average Bonchev–Trinajstić information content (AvgIpc) is 2.45. The van der Waals surface area contributed by atoms with Crippen molar-refractivity contribution in [3.8, 4) is 0 Å². The first-order valence-corrected chi connectivity index (χ1v) is 6.02. The molecule has 0 saturated heterocycles. The van der Waals surface area contributed by atoms with E-state index in [-0.39, 0.29) is 24.1 Å². The van der Waals surface area contributed by atoms with Gasteiger partial charge in [0.25, 0.3) is 0 Å². The molecule has 10 nitrogen and oxygen atoms in total. The van der Waals surface area contributed by atoms with Gasteiger partial charge in [0.1, 0.15) is 6.33 Å². The van der Waals surface area contributed by atoms with Crippen molar-refractivity contribution in [2.45, 2.75) is 13.8 Å². The minimum atomic E-state index is -0.667. The van der Waals surface area contributed by atoms with Gasteiger partial charge >= 0.3 is 5.69 Å². The lowest BCUT2D eigenvalue weighted by Crippen LogP contribution is -2.35. The van der Waals surface area contributed by atoms with Crippen LogP contribution in [0.5, 0.6) is 0 Å². The van der Waals surface area contributed by atoms with Crippen molar-refractivity contribution in [1.29, 1.82) is 0 Å². The predicted molar refractivity (Wildman–Crippen MR) is 72.9 cm³/mol. The van der Waals surface area contributed by atoms with Crippen molar-refractivity contribution in [2.75, 3.05) is 30.4 Å². The number of hydrazine groups is 1. The molecule has 0 aromatic carbocycles. The summed E-state index contributed by atoms with van der Waals surface area (Å²) in [6.45, 7) is 4.75. The van der Waals surface area contributed by atoms with Crippen LogP contribution in [0.4, 0.5) is 17.3 Å². The van der Waals surface area contributed by atoms with Crippen LogP contribution in [-0.2, 0) is 4.79 Å². The molecule has 0 radical (unpaired) electrons. The van der Waals surface area contributed by atoms with E-state index in [0.29, 0.717) is 13.1 Å². The van der Waals surface area contributed by atoms with Gasteiger partial charge in [-0.05, 0) is 13.8 Å². The summed E-state index contributed by atoms with van der Waals surface area (Å²) in [5, 5.41) is 13.6. The molecule has 10 heteroatoms. The molecule has 1 aromatic rings. The number of anilines is 2. The van der Waals surface area contributed by atoms with Gasteiger partial charge in [-0.3, -0.25) is 14.9 Å². The molecule has 1 rings (SSSR count). The highest BCUT2D eigenvalue weighted by Crippen LogP contribution is 2.27. The molecule has 0 fully saturated rings. The normalized spacial score (nSPS) is 9.95. The number of carbonyl (C=O) groups is 1. The molecular weight excluding hydrogens is 266 g/mol. The molecule has 0 aliphatic rings. The van der Waals surface area contributed by atoms with Crippen LogP contribution in [0, 0.1) is 10.1 Å². The third-order valence-corrected chi connectivity index (χ3v) is 2.66. The van der Waals surface area contributed by atoms with E-state index in [2.05, 4.69) is 20.7 Å². The van der Waals surface area contributed by atoms with Crippen molar-refractivity contribution < 1.29 is 9.72 Å². The Kier molecular flexibility index (Phi) is 5.59. The maximum absolute atomic E-state index is 11.8. The fraction of sp³-hybridized carbons (Fsp3) is 0.500. The van der Waals surface area contributed by atoms with Gasteiger partial charge in [-0.25, -0.2) is 15.8 Å². The van der Waals surface area contributed by atoms with Gasteiger partial charge in [-0.15, -0.1) is 0 Å². The number of nitro groups is 1. The Morgan fingerprint density at radius 2 is 2.00 bits per heavy atom. The third-order valence-electron chi connectivity index (χ3n) is 2.66. The molecule has 0 aliphatic heterocycles. The number of nitrogens with zero attached hydrogens (tertiary/aromatic N) is 4. The molecule has 0 unspecified atom stereocenters. The highest BCUT2D eigenvalue weighted by molar-refractivity contribution is 5.82. The third kappa shape index (κ3) is 3.51. The first kappa shape index (κ1) is 15.6. The molecule has 1 aromatic heterocycles. The van der Waals surface area contributed by atoms with E-state index < -0.39 is 10.6 Å². The van der Waals surface area contributed by atoms with Gasteiger partial charge < -0.3 is 15.6 Å². The molecule has 1 amide bonds. The van der Waals surface area contributed by atoms with E-state index >= 15 is 0 Å². The predicted octanol–water partition coefficient (Wildman–Crippen LogP) is -0.0493. The lowest BCUT2D eigenvalue weighted by molar-refractivity contribution is -0.383. The summed E-state index contributed by atoms with van der Waals surface area (Å²) in [6.07, 6.45) is 1.12. The quantitative estimate of drug-likeness (QED) is 0.359. The molecule has 0 aliphatic carbocycles. The van der Waals surface area contributed by atoms with E-state index in [1.807, 2.05) is 13.8 Å². The van der Waals surface area contributed by atoms with Crippen molar-refractivity contribution in [2.24, 2.45) is 5.84 Å². The topological polar surface area (TPSA) is 139 Å². The molecule has 0 atom stereocenters. The second kappa shape index (κ2) is 7.19. The van der Waals surface area contributed by atoms with Crippen LogP contribution in [0.2, 0.25) is 0 Å². The van der Waals surface area contributed by atoms with Crippen molar-refractivity contribution in [3.63, 3.8) is 0 Å². The molecule has 20 heavy (non-hydrogen) atoms. The number of amides is 1. The molecule has 110 valence electrons.